The average molecular weight is 1620 g/mol. The van der Waals surface area contributed by atoms with Gasteiger partial charge in [-0.05, 0) is 374 Å². The standard InChI is InChI=1S/C12H25N.5C11H23N.C10H21N.C9H21N.C8H19N.10CH4/c1-9(2)11-5-7-12(8-6-11)13-10(3)4;2*1-9(2)11-5-7-12(8-6-11)10(3)4;2*1-9(2)11-6-5-7-12(8-11)10(3)4;1-9(2)8-11-6-5-7-12(11)10(3)4;1-8(2)10-5-6-11(7-10)9(3)4;1-8(2)6-7-10(5)9(3)4;1-7(2)5-6-9-8(3)4;;;;;;;;;;/h9-13H,5-8H2,1-4H3;5*9-11H,5-8H2,1-4H3;8-10H,5-7H2,1-4H3;8-9H,6-7H2,1-5H3;7-9H,5-6H2,1-4H3;10*1H4/t;;;11-;;;;;;;;;;;;;;;/m...1.............../s1. The van der Waals surface area contributed by atoms with Crippen molar-refractivity contribution >= 4 is 0 Å². The van der Waals surface area contributed by atoms with E-state index in [0.29, 0.717) is 18.1 Å². The third kappa shape index (κ3) is 68.8. The lowest BCUT2D eigenvalue weighted by molar-refractivity contribution is 0.117. The summed E-state index contributed by atoms with van der Waals surface area (Å²) in [5.74, 6) is 13.6. The van der Waals surface area contributed by atoms with Crippen molar-refractivity contribution in [3.05, 3.63) is 0 Å². The molecule has 9 heteroatoms. The molecule has 1 aliphatic carbocycles. The molecular weight excluding hydrogens is 1380 g/mol. The van der Waals surface area contributed by atoms with E-state index in [9.17, 15) is 0 Å². The van der Waals surface area contributed by atoms with E-state index in [4.69, 9.17) is 0 Å². The Morgan fingerprint density at radius 3 is 0.832 bits per heavy atom. The van der Waals surface area contributed by atoms with Crippen LogP contribution in [0.5, 0.6) is 0 Å². The lowest BCUT2D eigenvalue weighted by Gasteiger charge is -2.37. The fourth-order valence-corrected chi connectivity index (χ4v) is 16.3. The number of nitrogens with zero attached hydrogens (tertiary/aromatic N) is 7. The van der Waals surface area contributed by atoms with Gasteiger partial charge in [0, 0.05) is 86.1 Å². The van der Waals surface area contributed by atoms with E-state index in [1.165, 1.54) is 194 Å². The van der Waals surface area contributed by atoms with E-state index in [1.807, 2.05) is 0 Å². The molecule has 7 fully saturated rings. The van der Waals surface area contributed by atoms with Gasteiger partial charge in [-0.25, -0.2) is 0 Å². The van der Waals surface area contributed by atoms with Crippen molar-refractivity contribution in [2.24, 2.45) is 88.8 Å². The molecule has 2 N–H and O–H groups in total. The normalized spacial score (nSPS) is 21.3. The van der Waals surface area contributed by atoms with Crippen LogP contribution in [-0.2, 0) is 0 Å². The van der Waals surface area contributed by atoms with Gasteiger partial charge in [0.05, 0.1) is 0 Å². The monoisotopic (exact) mass is 1620 g/mol. The van der Waals surface area contributed by atoms with Crippen LogP contribution in [-0.4, -0.2) is 193 Å². The smallest absolute Gasteiger partial charge is 0.0101 e. The first kappa shape index (κ1) is 139. The molecule has 7 rings (SSSR count). The van der Waals surface area contributed by atoms with Crippen molar-refractivity contribution in [2.45, 2.75) is 506 Å². The molecule has 0 amide bonds. The molecule has 0 radical (unpaired) electrons. The molecule has 0 spiro atoms. The summed E-state index contributed by atoms with van der Waals surface area (Å²) in [4.78, 5) is 18.1. The maximum atomic E-state index is 3.64. The minimum atomic E-state index is 0. The molecule has 0 bridgehead atoms. The first-order valence-electron chi connectivity index (χ1n) is 45.6. The van der Waals surface area contributed by atoms with Gasteiger partial charge < -0.3 is 40.0 Å². The second kappa shape index (κ2) is 78.9. The quantitative estimate of drug-likeness (QED) is 0.0984. The Bertz CT molecular complexity index is 1700. The van der Waals surface area contributed by atoms with Crippen LogP contribution >= 0.6 is 0 Å². The molecule has 0 aromatic heterocycles. The topological polar surface area (TPSA) is 46.7 Å². The van der Waals surface area contributed by atoms with E-state index in [2.05, 4.69) is 301 Å². The zero-order valence-electron chi connectivity index (χ0n) is 78.1. The molecule has 6 saturated heterocycles. The minimum absolute atomic E-state index is 0. The predicted molar refractivity (Wildman–Crippen MR) is 537 cm³/mol. The zero-order valence-corrected chi connectivity index (χ0v) is 78.1. The maximum absolute atomic E-state index is 3.64. The predicted octanol–water partition coefficient (Wildman–Crippen LogP) is 30.3. The fraction of sp³-hybridized carbons (Fsp3) is 1.00. The van der Waals surface area contributed by atoms with Gasteiger partial charge in [0.2, 0.25) is 0 Å². The summed E-state index contributed by atoms with van der Waals surface area (Å²) >= 11 is 0. The van der Waals surface area contributed by atoms with Crippen LogP contribution in [0.25, 0.3) is 0 Å². The summed E-state index contributed by atoms with van der Waals surface area (Å²) < 4.78 is 0. The van der Waals surface area contributed by atoms with Crippen LogP contribution in [0.2, 0.25) is 0 Å². The van der Waals surface area contributed by atoms with Gasteiger partial charge in [-0.3, -0.25) is 4.90 Å². The van der Waals surface area contributed by atoms with E-state index < -0.39 is 0 Å². The van der Waals surface area contributed by atoms with Crippen molar-refractivity contribution < 1.29 is 0 Å². The number of rotatable bonds is 24. The van der Waals surface area contributed by atoms with Crippen molar-refractivity contribution in [2.75, 3.05) is 92.1 Å². The lowest BCUT2D eigenvalue weighted by atomic mass is 9.79. The van der Waals surface area contributed by atoms with Gasteiger partial charge in [-0.2, -0.15) is 0 Å². The zero-order chi connectivity index (χ0) is 79.4. The summed E-state index contributed by atoms with van der Waals surface area (Å²) in [7, 11) is 2.19. The molecule has 3 unspecified atom stereocenters. The SMILES string of the molecule is C.C.C.C.C.C.C.C.C.C.CC(C)C1CCCN(C(C)C)C1.CC(C)C1CCN(C(C)C)C1.CC(C)C1CCN(C(C)C)CC1.CC(C)C1CCN(C(C)C)CC1.CC(C)CC1CCCN1C(C)C.CC(C)CCN(C)C(C)C.CC(C)CCNC(C)C.CC(C)NC1CCC(C(C)C)CC1.CC(C)[C@@H]1CCCN(C(C)C)C1. The van der Waals surface area contributed by atoms with Crippen LogP contribution in [0.1, 0.15) is 439 Å². The molecule has 1 saturated carbocycles. The Morgan fingerprint density at radius 2 is 0.575 bits per heavy atom. The summed E-state index contributed by atoms with van der Waals surface area (Å²) in [6.07, 6.45) is 25.2. The van der Waals surface area contributed by atoms with Gasteiger partial charge >= 0.3 is 0 Å². The molecule has 7 aliphatic rings. The number of piperidine rings is 4. The van der Waals surface area contributed by atoms with E-state index in [0.717, 1.165) is 144 Å². The number of hydrogen-bond acceptors (Lipinski definition) is 9. The van der Waals surface area contributed by atoms with Crippen LogP contribution in [0.15, 0.2) is 0 Å². The van der Waals surface area contributed by atoms with Crippen molar-refractivity contribution in [3.63, 3.8) is 0 Å². The third-order valence-corrected chi connectivity index (χ3v) is 25.1. The average Bonchev–Trinajstić information content (AvgIpc) is 1.71. The highest BCUT2D eigenvalue weighted by Crippen LogP contribution is 2.32. The number of hydrogen-bond donors (Lipinski definition) is 2. The second-order valence-electron chi connectivity index (χ2n) is 40.3. The number of likely N-dealkylation sites (tertiary alicyclic amines) is 6. The summed E-state index contributed by atoms with van der Waals surface area (Å²) in [5.41, 5.74) is 0. The lowest BCUT2D eigenvalue weighted by Crippen LogP contribution is -2.41. The Hall–Kier alpha value is -0.360. The van der Waals surface area contributed by atoms with E-state index >= 15 is 0 Å². The van der Waals surface area contributed by atoms with Crippen LogP contribution in [0, 0.1) is 88.8 Å². The van der Waals surface area contributed by atoms with Crippen LogP contribution < -0.4 is 10.6 Å². The summed E-state index contributed by atoms with van der Waals surface area (Å²) in [5, 5.41) is 7.02. The summed E-state index contributed by atoms with van der Waals surface area (Å²) in [6.45, 7) is 99.9. The van der Waals surface area contributed by atoms with E-state index in [-0.39, 0.29) is 74.3 Å². The van der Waals surface area contributed by atoms with Crippen molar-refractivity contribution in [1.29, 1.82) is 0 Å². The third-order valence-electron chi connectivity index (χ3n) is 25.1. The Balaban J connectivity index is -0.000000101. The molecule has 6 heterocycles. The van der Waals surface area contributed by atoms with E-state index in [1.54, 1.807) is 0 Å². The molecule has 9 nitrogen and oxygen atoms in total. The molecular formula is C104H241N9. The van der Waals surface area contributed by atoms with Gasteiger partial charge in [0.1, 0.15) is 0 Å². The maximum Gasteiger partial charge on any atom is 0.0101 e. The molecule has 0 aromatic rings. The minimum Gasteiger partial charge on any atom is -0.315 e. The molecule has 113 heavy (non-hydrogen) atoms. The highest BCUT2D eigenvalue weighted by atomic mass is 15.2. The van der Waals surface area contributed by atoms with Gasteiger partial charge in [-0.15, -0.1) is 0 Å². The molecule has 702 valence electrons. The van der Waals surface area contributed by atoms with Crippen molar-refractivity contribution in [3.8, 4) is 0 Å². The highest BCUT2D eigenvalue weighted by molar-refractivity contribution is 4.85. The first-order chi connectivity index (χ1) is 47.9. The van der Waals surface area contributed by atoms with Crippen LogP contribution in [0.4, 0.5) is 0 Å². The number of nitrogens with one attached hydrogen (secondary N) is 2. The van der Waals surface area contributed by atoms with Gasteiger partial charge in [0.15, 0.2) is 0 Å². The van der Waals surface area contributed by atoms with Gasteiger partial charge in [0.25, 0.3) is 0 Å². The fourth-order valence-electron chi connectivity index (χ4n) is 16.3. The Morgan fingerprint density at radius 1 is 0.283 bits per heavy atom. The van der Waals surface area contributed by atoms with Gasteiger partial charge in [-0.1, -0.05) is 227 Å². The Kier molecular flexibility index (Phi) is 96.7. The highest BCUT2D eigenvalue weighted by Gasteiger charge is 2.30. The largest absolute Gasteiger partial charge is 0.315 e. The first-order valence-corrected chi connectivity index (χ1v) is 45.6. The Labute approximate surface area is 727 Å². The second-order valence-corrected chi connectivity index (χ2v) is 40.3. The van der Waals surface area contributed by atoms with Crippen LogP contribution in [0.3, 0.4) is 0 Å². The summed E-state index contributed by atoms with van der Waals surface area (Å²) in [6, 6.07) is 8.15. The molecule has 6 aliphatic heterocycles. The van der Waals surface area contributed by atoms with Crippen molar-refractivity contribution in [1.82, 2.24) is 44.9 Å². The molecule has 0 aromatic carbocycles. The molecule has 4 atom stereocenters.